The van der Waals surface area contributed by atoms with Crippen molar-refractivity contribution in [3.63, 3.8) is 0 Å². The van der Waals surface area contributed by atoms with Gasteiger partial charge in [-0.3, -0.25) is 9.10 Å². The quantitative estimate of drug-likeness (QED) is 0.623. The van der Waals surface area contributed by atoms with Gasteiger partial charge in [0.1, 0.15) is 6.54 Å². The van der Waals surface area contributed by atoms with Crippen molar-refractivity contribution < 1.29 is 13.2 Å². The van der Waals surface area contributed by atoms with E-state index in [0.717, 1.165) is 22.3 Å². The second-order valence-electron chi connectivity index (χ2n) is 7.31. The molecular formula is C24H26N2O3S. The lowest BCUT2D eigenvalue weighted by molar-refractivity contribution is -0.119. The van der Waals surface area contributed by atoms with Crippen molar-refractivity contribution >= 4 is 21.6 Å². The molecule has 0 heterocycles. The van der Waals surface area contributed by atoms with Crippen LogP contribution < -0.4 is 9.62 Å². The molecule has 0 atom stereocenters. The fourth-order valence-corrected chi connectivity index (χ4v) is 4.65. The third-order valence-corrected chi connectivity index (χ3v) is 6.79. The van der Waals surface area contributed by atoms with Crippen LogP contribution in [0.2, 0.25) is 0 Å². The van der Waals surface area contributed by atoms with Crippen LogP contribution in [0.15, 0.2) is 77.7 Å². The smallest absolute Gasteiger partial charge is 0.264 e. The standard InChI is InChI=1S/C24H26N2O3S/c1-18-12-14-22(15-13-18)30(28,29)26(23-11-7-5-9-20(23)3)17-24(27)25-16-21-10-6-4-8-19(21)2/h4-15H,16-17H2,1-3H3,(H,25,27). The minimum absolute atomic E-state index is 0.156. The highest BCUT2D eigenvalue weighted by molar-refractivity contribution is 7.92. The molecule has 0 bridgehead atoms. The summed E-state index contributed by atoms with van der Waals surface area (Å²) in [5.74, 6) is -0.364. The lowest BCUT2D eigenvalue weighted by atomic mass is 10.1. The molecule has 1 amide bonds. The summed E-state index contributed by atoms with van der Waals surface area (Å²) in [6.45, 7) is 5.75. The molecule has 30 heavy (non-hydrogen) atoms. The average Bonchev–Trinajstić information content (AvgIpc) is 2.72. The van der Waals surface area contributed by atoms with Gasteiger partial charge < -0.3 is 5.32 Å². The van der Waals surface area contributed by atoms with Gasteiger partial charge in [0, 0.05) is 6.54 Å². The number of sulfonamides is 1. The van der Waals surface area contributed by atoms with Crippen LogP contribution >= 0.6 is 0 Å². The normalized spacial score (nSPS) is 11.2. The van der Waals surface area contributed by atoms with E-state index in [0.29, 0.717) is 12.2 Å². The zero-order valence-corrected chi connectivity index (χ0v) is 18.2. The SMILES string of the molecule is Cc1ccc(S(=O)(=O)N(CC(=O)NCc2ccccc2C)c2ccccc2C)cc1. The molecule has 0 fully saturated rings. The molecule has 156 valence electrons. The maximum absolute atomic E-state index is 13.4. The summed E-state index contributed by atoms with van der Waals surface area (Å²) in [6, 6.07) is 21.6. The number of amides is 1. The molecule has 0 aliphatic rings. The van der Waals surface area contributed by atoms with Gasteiger partial charge in [-0.05, 0) is 55.7 Å². The Labute approximate surface area is 178 Å². The van der Waals surface area contributed by atoms with Crippen LogP contribution in [0.25, 0.3) is 0 Å². The number of hydrogen-bond donors (Lipinski definition) is 1. The van der Waals surface area contributed by atoms with Gasteiger partial charge in [0.05, 0.1) is 10.6 Å². The number of benzene rings is 3. The number of aryl methyl sites for hydroxylation is 3. The van der Waals surface area contributed by atoms with E-state index < -0.39 is 10.0 Å². The molecule has 0 saturated heterocycles. The predicted octanol–water partition coefficient (Wildman–Crippen LogP) is 4.12. The van der Waals surface area contributed by atoms with Crippen molar-refractivity contribution in [2.45, 2.75) is 32.2 Å². The van der Waals surface area contributed by atoms with Crippen LogP contribution in [0.1, 0.15) is 22.3 Å². The number of carbonyl (C=O) groups excluding carboxylic acids is 1. The van der Waals surface area contributed by atoms with Gasteiger partial charge in [-0.15, -0.1) is 0 Å². The molecule has 3 rings (SSSR count). The van der Waals surface area contributed by atoms with Crippen molar-refractivity contribution in [2.75, 3.05) is 10.8 Å². The first kappa shape index (κ1) is 21.6. The molecule has 0 aromatic heterocycles. The fraction of sp³-hybridized carbons (Fsp3) is 0.208. The van der Waals surface area contributed by atoms with Gasteiger partial charge in [0.25, 0.3) is 10.0 Å². The minimum atomic E-state index is -3.91. The van der Waals surface area contributed by atoms with E-state index in [1.54, 1.807) is 36.4 Å². The third kappa shape index (κ3) is 4.89. The Morgan fingerprint density at radius 3 is 2.07 bits per heavy atom. The molecule has 5 nitrogen and oxygen atoms in total. The number of carbonyl (C=O) groups is 1. The van der Waals surface area contributed by atoms with Crippen molar-refractivity contribution in [1.82, 2.24) is 5.32 Å². The molecule has 0 unspecified atom stereocenters. The molecule has 6 heteroatoms. The van der Waals surface area contributed by atoms with E-state index in [2.05, 4.69) is 5.32 Å². The summed E-state index contributed by atoms with van der Waals surface area (Å²) in [5.41, 5.74) is 4.30. The van der Waals surface area contributed by atoms with Crippen LogP contribution in [0, 0.1) is 20.8 Å². The van der Waals surface area contributed by atoms with E-state index in [1.165, 1.54) is 4.31 Å². The van der Waals surface area contributed by atoms with E-state index in [4.69, 9.17) is 0 Å². The molecule has 3 aromatic rings. The monoisotopic (exact) mass is 422 g/mol. The summed E-state index contributed by atoms with van der Waals surface area (Å²) < 4.78 is 28.0. The Morgan fingerprint density at radius 1 is 0.833 bits per heavy atom. The highest BCUT2D eigenvalue weighted by Gasteiger charge is 2.28. The van der Waals surface area contributed by atoms with Crippen LogP contribution in [-0.4, -0.2) is 20.9 Å². The number of hydrogen-bond acceptors (Lipinski definition) is 3. The average molecular weight is 423 g/mol. The Morgan fingerprint density at radius 2 is 1.43 bits per heavy atom. The maximum Gasteiger partial charge on any atom is 0.264 e. The summed E-state index contributed by atoms with van der Waals surface area (Å²) in [5, 5.41) is 2.85. The molecular weight excluding hydrogens is 396 g/mol. The fourth-order valence-electron chi connectivity index (χ4n) is 3.17. The molecule has 0 saturated carbocycles. The summed E-state index contributed by atoms with van der Waals surface area (Å²) in [6.07, 6.45) is 0. The number of nitrogens with one attached hydrogen (secondary N) is 1. The van der Waals surface area contributed by atoms with Gasteiger partial charge in [-0.1, -0.05) is 60.2 Å². The van der Waals surface area contributed by atoms with E-state index >= 15 is 0 Å². The maximum atomic E-state index is 13.4. The Kier molecular flexibility index (Phi) is 6.57. The Bertz CT molecular complexity index is 1140. The van der Waals surface area contributed by atoms with Crippen LogP contribution in [0.5, 0.6) is 0 Å². The Balaban J connectivity index is 1.88. The first-order valence-corrected chi connectivity index (χ1v) is 11.2. The molecule has 0 aliphatic heterocycles. The topological polar surface area (TPSA) is 66.5 Å². The minimum Gasteiger partial charge on any atom is -0.350 e. The zero-order chi connectivity index (χ0) is 21.7. The third-order valence-electron chi connectivity index (χ3n) is 5.02. The van der Waals surface area contributed by atoms with Crippen LogP contribution in [-0.2, 0) is 21.4 Å². The molecule has 3 aromatic carbocycles. The summed E-state index contributed by atoms with van der Waals surface area (Å²) >= 11 is 0. The highest BCUT2D eigenvalue weighted by Crippen LogP contribution is 2.26. The van der Waals surface area contributed by atoms with Crippen LogP contribution in [0.3, 0.4) is 0 Å². The molecule has 0 radical (unpaired) electrons. The van der Waals surface area contributed by atoms with E-state index in [-0.39, 0.29) is 17.3 Å². The van der Waals surface area contributed by atoms with Gasteiger partial charge in [0.15, 0.2) is 0 Å². The van der Waals surface area contributed by atoms with E-state index in [9.17, 15) is 13.2 Å². The largest absolute Gasteiger partial charge is 0.350 e. The molecule has 0 aliphatic carbocycles. The number of para-hydroxylation sites is 1. The van der Waals surface area contributed by atoms with Gasteiger partial charge in [-0.25, -0.2) is 8.42 Å². The lowest BCUT2D eigenvalue weighted by Crippen LogP contribution is -2.41. The molecule has 1 N–H and O–H groups in total. The van der Waals surface area contributed by atoms with Gasteiger partial charge >= 0.3 is 0 Å². The lowest BCUT2D eigenvalue weighted by Gasteiger charge is -2.25. The van der Waals surface area contributed by atoms with Crippen molar-refractivity contribution in [3.8, 4) is 0 Å². The second-order valence-corrected chi connectivity index (χ2v) is 9.18. The van der Waals surface area contributed by atoms with Crippen molar-refractivity contribution in [1.29, 1.82) is 0 Å². The summed E-state index contributed by atoms with van der Waals surface area (Å²) in [4.78, 5) is 12.9. The highest BCUT2D eigenvalue weighted by atomic mass is 32.2. The zero-order valence-electron chi connectivity index (χ0n) is 17.4. The number of anilines is 1. The van der Waals surface area contributed by atoms with Crippen molar-refractivity contribution in [2.24, 2.45) is 0 Å². The first-order chi connectivity index (χ1) is 14.3. The van der Waals surface area contributed by atoms with Gasteiger partial charge in [-0.2, -0.15) is 0 Å². The summed E-state index contributed by atoms with van der Waals surface area (Å²) in [7, 11) is -3.91. The predicted molar refractivity (Wildman–Crippen MR) is 120 cm³/mol. The second kappa shape index (κ2) is 9.13. The Hall–Kier alpha value is -3.12. The van der Waals surface area contributed by atoms with Crippen molar-refractivity contribution in [3.05, 3.63) is 95.1 Å². The van der Waals surface area contributed by atoms with Gasteiger partial charge in [0.2, 0.25) is 5.91 Å². The van der Waals surface area contributed by atoms with Crippen LogP contribution in [0.4, 0.5) is 5.69 Å². The van der Waals surface area contributed by atoms with E-state index in [1.807, 2.05) is 57.2 Å². The molecule has 0 spiro atoms. The number of nitrogens with zero attached hydrogens (tertiary/aromatic N) is 1. The first-order valence-electron chi connectivity index (χ1n) is 9.75. The number of rotatable bonds is 7.